The Hall–Kier alpha value is -0.370. The number of rotatable bonds is 0. The van der Waals surface area contributed by atoms with Crippen molar-refractivity contribution in [2.24, 2.45) is 5.92 Å². The number of carbonyl (C=O) groups excluding carboxylic acids is 1. The molecule has 2 nitrogen and oxygen atoms in total. The predicted octanol–water partition coefficient (Wildman–Crippen LogP) is 1.14. The van der Waals surface area contributed by atoms with Gasteiger partial charge in [-0.2, -0.15) is 0 Å². The lowest BCUT2D eigenvalue weighted by Crippen LogP contribution is -2.58. The van der Waals surface area contributed by atoms with Gasteiger partial charge < -0.3 is 4.74 Å². The van der Waals surface area contributed by atoms with Crippen LogP contribution in [0.3, 0.4) is 0 Å². The Balaban J connectivity index is 2.15. The number of ketones is 1. The highest BCUT2D eigenvalue weighted by Gasteiger charge is 2.53. The van der Waals surface area contributed by atoms with Crippen LogP contribution in [0.2, 0.25) is 0 Å². The van der Waals surface area contributed by atoms with E-state index in [2.05, 4.69) is 0 Å². The fraction of sp³-hybridized carbons (Fsp3) is 0.875. The van der Waals surface area contributed by atoms with Gasteiger partial charge in [-0.05, 0) is 19.8 Å². The second kappa shape index (κ2) is 1.82. The normalized spacial score (nSPS) is 46.1. The third-order valence-electron chi connectivity index (χ3n) is 2.86. The van der Waals surface area contributed by atoms with Gasteiger partial charge in [0.25, 0.3) is 0 Å². The summed E-state index contributed by atoms with van der Waals surface area (Å²) < 4.78 is 5.43. The number of Topliss-reactive ketones (excluding diaryl/α,β-unsaturated/α-hetero) is 1. The van der Waals surface area contributed by atoms with Crippen LogP contribution in [0.15, 0.2) is 0 Å². The smallest absolute Gasteiger partial charge is 0.165 e. The van der Waals surface area contributed by atoms with Crippen molar-refractivity contribution in [1.82, 2.24) is 0 Å². The molecular formula is C8H12O2. The van der Waals surface area contributed by atoms with E-state index in [1.165, 1.54) is 6.42 Å². The molecule has 10 heavy (non-hydrogen) atoms. The molecule has 0 radical (unpaired) electrons. The molecule has 0 spiro atoms. The topological polar surface area (TPSA) is 26.3 Å². The third-order valence-corrected chi connectivity index (χ3v) is 2.86. The van der Waals surface area contributed by atoms with Crippen LogP contribution in [0.4, 0.5) is 0 Å². The molecule has 0 amide bonds. The molecule has 0 unspecified atom stereocenters. The third kappa shape index (κ3) is 0.601. The average Bonchev–Trinajstić information content (AvgIpc) is 1.93. The highest BCUT2D eigenvalue weighted by molar-refractivity contribution is 5.93. The molecule has 0 aromatic carbocycles. The molecule has 0 N–H and O–H groups in total. The van der Waals surface area contributed by atoms with Gasteiger partial charge in [0, 0.05) is 18.9 Å². The van der Waals surface area contributed by atoms with Crippen LogP contribution in [0.5, 0.6) is 0 Å². The molecule has 1 heterocycles. The van der Waals surface area contributed by atoms with E-state index in [9.17, 15) is 4.79 Å². The van der Waals surface area contributed by atoms with E-state index in [0.717, 1.165) is 19.4 Å². The standard InChI is InChI=1S/C8H12O2/c1-8-6(5-7(8)9)3-2-4-10-8/h6H,2-5H2,1H3/t6-,8-/m0/s1. The molecule has 2 heteroatoms. The van der Waals surface area contributed by atoms with Gasteiger partial charge in [0.2, 0.25) is 0 Å². The second-order valence-electron chi connectivity index (χ2n) is 3.42. The molecule has 1 aliphatic carbocycles. The monoisotopic (exact) mass is 140 g/mol. The molecule has 56 valence electrons. The summed E-state index contributed by atoms with van der Waals surface area (Å²) in [6.45, 7) is 2.71. The van der Waals surface area contributed by atoms with Crippen molar-refractivity contribution in [2.75, 3.05) is 6.61 Å². The minimum Gasteiger partial charge on any atom is -0.367 e. The maximum atomic E-state index is 11.1. The Labute approximate surface area is 60.6 Å². The molecule has 1 saturated heterocycles. The van der Waals surface area contributed by atoms with Crippen LogP contribution in [-0.4, -0.2) is 18.0 Å². The van der Waals surface area contributed by atoms with Crippen molar-refractivity contribution >= 4 is 5.78 Å². The van der Waals surface area contributed by atoms with E-state index in [4.69, 9.17) is 4.74 Å². The molecule has 2 fully saturated rings. The molecule has 1 saturated carbocycles. The Bertz CT molecular complexity index is 176. The van der Waals surface area contributed by atoms with Crippen LogP contribution >= 0.6 is 0 Å². The quantitative estimate of drug-likeness (QED) is 0.504. The van der Waals surface area contributed by atoms with Gasteiger partial charge in [0.1, 0.15) is 5.60 Å². The van der Waals surface area contributed by atoms with Crippen molar-refractivity contribution in [3.63, 3.8) is 0 Å². The minimum atomic E-state index is -0.363. The van der Waals surface area contributed by atoms with Crippen LogP contribution < -0.4 is 0 Å². The van der Waals surface area contributed by atoms with Crippen molar-refractivity contribution in [3.8, 4) is 0 Å². The number of hydrogen-bond acceptors (Lipinski definition) is 2. The van der Waals surface area contributed by atoms with Crippen molar-refractivity contribution in [1.29, 1.82) is 0 Å². The maximum absolute atomic E-state index is 11.1. The van der Waals surface area contributed by atoms with Gasteiger partial charge in [-0.3, -0.25) is 4.79 Å². The first-order chi connectivity index (χ1) is 4.73. The summed E-state index contributed by atoms with van der Waals surface area (Å²) in [5.41, 5.74) is -0.363. The summed E-state index contributed by atoms with van der Waals surface area (Å²) in [7, 11) is 0. The summed E-state index contributed by atoms with van der Waals surface area (Å²) in [5.74, 6) is 0.839. The highest BCUT2D eigenvalue weighted by Crippen LogP contribution is 2.43. The van der Waals surface area contributed by atoms with E-state index in [-0.39, 0.29) is 5.60 Å². The van der Waals surface area contributed by atoms with Crippen LogP contribution in [0, 0.1) is 5.92 Å². The molecule has 0 aromatic heterocycles. The fourth-order valence-electron chi connectivity index (χ4n) is 1.91. The Morgan fingerprint density at radius 1 is 1.70 bits per heavy atom. The van der Waals surface area contributed by atoms with Gasteiger partial charge in [0.15, 0.2) is 5.78 Å². The molecule has 2 aliphatic rings. The zero-order valence-corrected chi connectivity index (χ0v) is 6.22. The average molecular weight is 140 g/mol. The van der Waals surface area contributed by atoms with Gasteiger partial charge in [-0.25, -0.2) is 0 Å². The SMILES string of the molecule is C[C@]12OCCC[C@H]1CC2=O. The Morgan fingerprint density at radius 2 is 2.50 bits per heavy atom. The Kier molecular flexibility index (Phi) is 1.15. The minimum absolute atomic E-state index is 0.303. The number of ether oxygens (including phenoxy) is 1. The van der Waals surface area contributed by atoms with Gasteiger partial charge in [0.05, 0.1) is 0 Å². The number of carbonyl (C=O) groups is 1. The number of hydrogen-bond donors (Lipinski definition) is 0. The summed E-state index contributed by atoms with van der Waals surface area (Å²) in [4.78, 5) is 11.1. The first-order valence-corrected chi connectivity index (χ1v) is 3.91. The van der Waals surface area contributed by atoms with Crippen LogP contribution in [0.25, 0.3) is 0 Å². The molecule has 0 aromatic rings. The van der Waals surface area contributed by atoms with Gasteiger partial charge >= 0.3 is 0 Å². The second-order valence-corrected chi connectivity index (χ2v) is 3.42. The van der Waals surface area contributed by atoms with Gasteiger partial charge in [-0.15, -0.1) is 0 Å². The molecule has 2 atom stereocenters. The summed E-state index contributed by atoms with van der Waals surface area (Å²) >= 11 is 0. The molecule has 1 aliphatic heterocycles. The maximum Gasteiger partial charge on any atom is 0.165 e. The lowest BCUT2D eigenvalue weighted by Gasteiger charge is -2.47. The zero-order valence-electron chi connectivity index (χ0n) is 6.22. The first kappa shape index (κ1) is 6.35. The van der Waals surface area contributed by atoms with Crippen molar-refractivity contribution < 1.29 is 9.53 Å². The van der Waals surface area contributed by atoms with Crippen LogP contribution in [-0.2, 0) is 9.53 Å². The lowest BCUT2D eigenvalue weighted by molar-refractivity contribution is -0.182. The number of fused-ring (bicyclic) bond motifs is 1. The van der Waals surface area contributed by atoms with Crippen molar-refractivity contribution in [3.05, 3.63) is 0 Å². The summed E-state index contributed by atoms with van der Waals surface area (Å²) in [6, 6.07) is 0. The van der Waals surface area contributed by atoms with E-state index >= 15 is 0 Å². The largest absolute Gasteiger partial charge is 0.367 e. The van der Waals surface area contributed by atoms with E-state index in [1.807, 2.05) is 6.92 Å². The lowest BCUT2D eigenvalue weighted by atomic mass is 9.66. The summed E-state index contributed by atoms with van der Waals surface area (Å²) in [5, 5.41) is 0. The zero-order chi connectivity index (χ0) is 7.19. The van der Waals surface area contributed by atoms with E-state index in [0.29, 0.717) is 11.7 Å². The summed E-state index contributed by atoms with van der Waals surface area (Å²) in [6.07, 6.45) is 3.08. The highest BCUT2D eigenvalue weighted by atomic mass is 16.5. The molecular weight excluding hydrogens is 128 g/mol. The fourth-order valence-corrected chi connectivity index (χ4v) is 1.91. The Morgan fingerprint density at radius 3 is 3.00 bits per heavy atom. The van der Waals surface area contributed by atoms with Crippen LogP contribution in [0.1, 0.15) is 26.2 Å². The van der Waals surface area contributed by atoms with Crippen molar-refractivity contribution in [2.45, 2.75) is 31.8 Å². The van der Waals surface area contributed by atoms with E-state index in [1.54, 1.807) is 0 Å². The van der Waals surface area contributed by atoms with E-state index < -0.39 is 0 Å². The van der Waals surface area contributed by atoms with Gasteiger partial charge in [-0.1, -0.05) is 0 Å². The predicted molar refractivity (Wildman–Crippen MR) is 36.7 cm³/mol. The first-order valence-electron chi connectivity index (χ1n) is 3.91. The molecule has 2 rings (SSSR count). The molecule has 0 bridgehead atoms.